The van der Waals surface area contributed by atoms with Crippen LogP contribution < -0.4 is 11.1 Å². The van der Waals surface area contributed by atoms with Crippen LogP contribution in [0.4, 0.5) is 0 Å². The monoisotopic (exact) mass is 156 g/mol. The molecule has 0 saturated heterocycles. The number of nitrogens with two attached hydrogens (primary N) is 1. The average molecular weight is 156 g/mol. The third kappa shape index (κ3) is 3.78. The first kappa shape index (κ1) is 10.2. The number of rotatable bonds is 4. The maximum Gasteiger partial charge on any atom is 0.234 e. The Balaban J connectivity index is 3.98. The van der Waals surface area contributed by atoms with E-state index in [1.807, 2.05) is 19.9 Å². The molecule has 0 aromatic heterocycles. The van der Waals surface area contributed by atoms with Gasteiger partial charge in [0, 0.05) is 0 Å². The minimum atomic E-state index is -0.297. The molecule has 1 atom stereocenters. The number of primary amides is 1. The van der Waals surface area contributed by atoms with Gasteiger partial charge >= 0.3 is 0 Å². The van der Waals surface area contributed by atoms with Gasteiger partial charge in [0.1, 0.15) is 0 Å². The summed E-state index contributed by atoms with van der Waals surface area (Å²) in [5.41, 5.74) is 6.29. The fraction of sp³-hybridized carbons (Fsp3) is 0.625. The fourth-order valence-corrected chi connectivity index (χ4v) is 0.785. The van der Waals surface area contributed by atoms with Gasteiger partial charge in [-0.1, -0.05) is 11.6 Å². The Morgan fingerprint density at radius 1 is 1.73 bits per heavy atom. The average Bonchev–Trinajstić information content (AvgIpc) is 1.99. The van der Waals surface area contributed by atoms with Crippen molar-refractivity contribution < 1.29 is 4.79 Å². The molecule has 0 aliphatic heterocycles. The zero-order valence-corrected chi connectivity index (χ0v) is 7.35. The summed E-state index contributed by atoms with van der Waals surface area (Å²) in [6.45, 7) is 3.93. The van der Waals surface area contributed by atoms with Crippen LogP contribution in [0.25, 0.3) is 0 Å². The molecule has 3 heteroatoms. The molecule has 11 heavy (non-hydrogen) atoms. The molecule has 0 aliphatic carbocycles. The van der Waals surface area contributed by atoms with Gasteiger partial charge in [0.15, 0.2) is 0 Å². The van der Waals surface area contributed by atoms with Gasteiger partial charge in [-0.3, -0.25) is 4.79 Å². The lowest BCUT2D eigenvalue weighted by atomic mass is 10.1. The molecular weight excluding hydrogens is 140 g/mol. The summed E-state index contributed by atoms with van der Waals surface area (Å²) < 4.78 is 0. The summed E-state index contributed by atoms with van der Waals surface area (Å²) in [4.78, 5) is 10.7. The fourth-order valence-electron chi connectivity index (χ4n) is 0.785. The van der Waals surface area contributed by atoms with E-state index in [1.165, 1.54) is 5.57 Å². The van der Waals surface area contributed by atoms with E-state index < -0.39 is 0 Å². The van der Waals surface area contributed by atoms with Crippen molar-refractivity contribution in [2.24, 2.45) is 5.73 Å². The summed E-state index contributed by atoms with van der Waals surface area (Å²) in [6.07, 6.45) is 2.68. The van der Waals surface area contributed by atoms with Crippen LogP contribution in [-0.2, 0) is 4.79 Å². The van der Waals surface area contributed by atoms with Gasteiger partial charge in [-0.2, -0.15) is 0 Å². The smallest absolute Gasteiger partial charge is 0.234 e. The summed E-state index contributed by atoms with van der Waals surface area (Å²) in [5.74, 6) is -0.297. The van der Waals surface area contributed by atoms with Crippen molar-refractivity contribution in [3.05, 3.63) is 11.6 Å². The Morgan fingerprint density at radius 3 is 2.55 bits per heavy atom. The SMILES string of the molecule is C/C=C(\C)CC(NC)C(N)=O. The number of nitrogens with one attached hydrogen (secondary N) is 1. The molecule has 0 fully saturated rings. The molecule has 0 aliphatic rings. The molecule has 3 nitrogen and oxygen atoms in total. The predicted molar refractivity (Wildman–Crippen MR) is 46.1 cm³/mol. The first-order valence-electron chi connectivity index (χ1n) is 3.70. The van der Waals surface area contributed by atoms with Crippen molar-refractivity contribution in [3.63, 3.8) is 0 Å². The van der Waals surface area contributed by atoms with Crippen LogP contribution in [0.5, 0.6) is 0 Å². The van der Waals surface area contributed by atoms with Gasteiger partial charge in [0.05, 0.1) is 6.04 Å². The highest BCUT2D eigenvalue weighted by atomic mass is 16.1. The highest BCUT2D eigenvalue weighted by Gasteiger charge is 2.11. The first-order valence-corrected chi connectivity index (χ1v) is 3.70. The molecule has 3 N–H and O–H groups in total. The van der Waals surface area contributed by atoms with Gasteiger partial charge in [-0.25, -0.2) is 0 Å². The molecule has 1 amide bonds. The minimum Gasteiger partial charge on any atom is -0.368 e. The van der Waals surface area contributed by atoms with Crippen LogP contribution in [0.15, 0.2) is 11.6 Å². The second-order valence-corrected chi connectivity index (χ2v) is 2.58. The van der Waals surface area contributed by atoms with Gasteiger partial charge < -0.3 is 11.1 Å². The van der Waals surface area contributed by atoms with Crippen molar-refractivity contribution in [2.45, 2.75) is 26.3 Å². The van der Waals surface area contributed by atoms with Gasteiger partial charge in [0.2, 0.25) is 5.91 Å². The number of carbonyl (C=O) groups excluding carboxylic acids is 1. The standard InChI is InChI=1S/C8H16N2O/c1-4-6(2)5-7(10-3)8(9)11/h4,7,10H,5H2,1-3H3,(H2,9,11)/b6-4+. The van der Waals surface area contributed by atoms with Crippen LogP contribution in [0.1, 0.15) is 20.3 Å². The Labute approximate surface area is 67.7 Å². The van der Waals surface area contributed by atoms with E-state index in [1.54, 1.807) is 7.05 Å². The highest BCUT2D eigenvalue weighted by Crippen LogP contribution is 2.02. The maximum atomic E-state index is 10.7. The third-order valence-corrected chi connectivity index (χ3v) is 1.71. The van der Waals surface area contributed by atoms with Crippen LogP contribution in [-0.4, -0.2) is 19.0 Å². The second-order valence-electron chi connectivity index (χ2n) is 2.58. The van der Waals surface area contributed by atoms with E-state index in [2.05, 4.69) is 5.32 Å². The van der Waals surface area contributed by atoms with E-state index in [9.17, 15) is 4.79 Å². The lowest BCUT2D eigenvalue weighted by molar-refractivity contribution is -0.119. The Kier molecular flexibility index (Phi) is 4.54. The third-order valence-electron chi connectivity index (χ3n) is 1.71. The molecule has 1 unspecified atom stereocenters. The van der Waals surface area contributed by atoms with Crippen molar-refractivity contribution in [1.82, 2.24) is 5.32 Å². The molecule has 0 aromatic rings. The van der Waals surface area contributed by atoms with E-state index in [0.717, 1.165) is 0 Å². The highest BCUT2D eigenvalue weighted by molar-refractivity contribution is 5.80. The molecule has 0 bridgehead atoms. The molecule has 0 rings (SSSR count). The zero-order valence-electron chi connectivity index (χ0n) is 7.35. The Morgan fingerprint density at radius 2 is 2.27 bits per heavy atom. The lowest BCUT2D eigenvalue weighted by Gasteiger charge is -2.11. The number of likely N-dealkylation sites (N-methyl/N-ethyl adjacent to an activating group) is 1. The largest absolute Gasteiger partial charge is 0.368 e. The normalized spacial score (nSPS) is 14.6. The molecule has 0 saturated carbocycles. The maximum absolute atomic E-state index is 10.7. The van der Waals surface area contributed by atoms with Crippen LogP contribution in [0.2, 0.25) is 0 Å². The second kappa shape index (κ2) is 4.91. The molecule has 0 radical (unpaired) electrons. The van der Waals surface area contributed by atoms with Gasteiger partial charge in [-0.15, -0.1) is 0 Å². The minimum absolute atomic E-state index is 0.230. The van der Waals surface area contributed by atoms with Crippen LogP contribution >= 0.6 is 0 Å². The Bertz CT molecular complexity index is 163. The predicted octanol–water partition coefficient (Wildman–Crippen LogP) is 0.416. The molecular formula is C8H16N2O. The van der Waals surface area contributed by atoms with Crippen molar-refractivity contribution in [3.8, 4) is 0 Å². The van der Waals surface area contributed by atoms with Gasteiger partial charge in [0.25, 0.3) is 0 Å². The summed E-state index contributed by atoms with van der Waals surface area (Å²) in [7, 11) is 1.73. The summed E-state index contributed by atoms with van der Waals surface area (Å²) in [5, 5.41) is 2.85. The van der Waals surface area contributed by atoms with E-state index >= 15 is 0 Å². The van der Waals surface area contributed by atoms with Gasteiger partial charge in [-0.05, 0) is 27.3 Å². The number of hydrogen-bond donors (Lipinski definition) is 2. The topological polar surface area (TPSA) is 55.1 Å². The number of allylic oxidation sites excluding steroid dienone is 1. The summed E-state index contributed by atoms with van der Waals surface area (Å²) >= 11 is 0. The van der Waals surface area contributed by atoms with Crippen molar-refractivity contribution in [2.75, 3.05) is 7.05 Å². The molecule has 0 heterocycles. The van der Waals surface area contributed by atoms with Crippen LogP contribution in [0.3, 0.4) is 0 Å². The van der Waals surface area contributed by atoms with Crippen LogP contribution in [0, 0.1) is 0 Å². The number of amides is 1. The molecule has 64 valence electrons. The lowest BCUT2D eigenvalue weighted by Crippen LogP contribution is -2.39. The zero-order chi connectivity index (χ0) is 8.85. The van der Waals surface area contributed by atoms with Crippen molar-refractivity contribution >= 4 is 5.91 Å². The summed E-state index contributed by atoms with van der Waals surface area (Å²) in [6, 6.07) is -0.230. The number of carbonyl (C=O) groups is 1. The quantitative estimate of drug-likeness (QED) is 0.579. The molecule has 0 aromatic carbocycles. The van der Waals surface area contributed by atoms with E-state index in [4.69, 9.17) is 5.73 Å². The van der Waals surface area contributed by atoms with Crippen molar-refractivity contribution in [1.29, 1.82) is 0 Å². The Hall–Kier alpha value is -0.830. The van der Waals surface area contributed by atoms with E-state index in [0.29, 0.717) is 6.42 Å². The number of hydrogen-bond acceptors (Lipinski definition) is 2. The molecule has 0 spiro atoms. The van der Waals surface area contributed by atoms with E-state index in [-0.39, 0.29) is 11.9 Å². The first-order chi connectivity index (χ1) is 5.11.